The quantitative estimate of drug-likeness (QED) is 0.0269. The summed E-state index contributed by atoms with van der Waals surface area (Å²) in [5.74, 6) is -28.4. The molecule has 5 unspecified atom stereocenters. The predicted octanol–water partition coefficient (Wildman–Crippen LogP) is 2.63. The number of aromatic hydroxyl groups is 1. The number of carboxylic acid groups (broad SMARTS) is 4. The van der Waals surface area contributed by atoms with Gasteiger partial charge in [0.05, 0.1) is 25.4 Å². The van der Waals surface area contributed by atoms with E-state index in [2.05, 4.69) is 26.6 Å². The molecule has 1 aliphatic heterocycles. The van der Waals surface area contributed by atoms with Crippen molar-refractivity contribution < 1.29 is 100 Å². The van der Waals surface area contributed by atoms with Crippen LogP contribution in [0.25, 0.3) is 0 Å². The molecule has 398 valence electrons. The van der Waals surface area contributed by atoms with Crippen molar-refractivity contribution in [1.29, 1.82) is 0 Å². The number of hydrogen-bond acceptors (Lipinski definition) is 13. The van der Waals surface area contributed by atoms with Gasteiger partial charge >= 0.3 is 23.9 Å². The SMILES string of the molecule is CC(C)C(NC(=O)C(CCC(=O)O)NC(=O)C(N)CC(=O)O)C(=O)NC(CC(=O)O)C(=O)NCC(=O)Nc1ccc2c(c1)Oc1cc(NC(=O)c3c(F)c(F)c(F)c(F)c3F)ccc1C2c1cccc(O)c1C(=O)O. The van der Waals surface area contributed by atoms with Gasteiger partial charge in [-0.1, -0.05) is 38.1 Å². The Labute approximate surface area is 418 Å². The van der Waals surface area contributed by atoms with Crippen LogP contribution in [-0.2, 0) is 38.4 Å². The lowest BCUT2D eigenvalue weighted by molar-refractivity contribution is -0.142. The highest BCUT2D eigenvalue weighted by atomic mass is 19.2. The molecule has 4 aromatic carbocycles. The maximum absolute atomic E-state index is 14.5. The first-order chi connectivity index (χ1) is 35.2. The van der Waals surface area contributed by atoms with E-state index in [4.69, 9.17) is 15.6 Å². The van der Waals surface area contributed by atoms with Crippen LogP contribution in [0, 0.1) is 35.0 Å². The van der Waals surface area contributed by atoms with Crippen molar-refractivity contribution in [3.63, 3.8) is 0 Å². The van der Waals surface area contributed by atoms with E-state index in [1.165, 1.54) is 50.2 Å². The van der Waals surface area contributed by atoms with Crippen LogP contribution in [0.5, 0.6) is 17.2 Å². The molecule has 23 nitrogen and oxygen atoms in total. The lowest BCUT2D eigenvalue weighted by Gasteiger charge is -2.30. The minimum atomic E-state index is -2.51. The number of nitrogens with two attached hydrogens (primary N) is 1. The summed E-state index contributed by atoms with van der Waals surface area (Å²) >= 11 is 0. The molecule has 0 aromatic heterocycles. The second kappa shape index (κ2) is 24.0. The fraction of sp³-hybridized carbons (Fsp3) is 0.277. The summed E-state index contributed by atoms with van der Waals surface area (Å²) in [7, 11) is 0. The maximum atomic E-state index is 14.5. The Balaban J connectivity index is 1.35. The Morgan fingerprint density at radius 3 is 1.69 bits per heavy atom. The van der Waals surface area contributed by atoms with Crippen molar-refractivity contribution in [2.24, 2.45) is 11.7 Å². The molecule has 5 atom stereocenters. The third-order valence-electron chi connectivity index (χ3n) is 11.1. The standard InChI is InChI=1S/C47H44F5N7O16/c1-17(2)41(59-44(70)24(10-11-30(62)63)57-42(68)23(53)14-31(64)65)46(72)58-25(15-32(66)67)43(69)54-16-29(61)55-18-6-8-20-27(12-18)75-28-13-19(56-45(71)35-36(48)38(50)40(52)39(51)37(35)49)7-9-21(28)33(20)22-4-3-5-26(60)34(22)47(73)74/h3-9,12-13,17,23-25,33,41,60H,10-11,14-16,53H2,1-2H3,(H,54,69)(H,55,61)(H,56,71)(H,57,68)(H,58,72)(H,59,70)(H,62,63)(H,64,65)(H,66,67)(H,73,74). The van der Waals surface area contributed by atoms with Crippen molar-refractivity contribution in [2.75, 3.05) is 17.2 Å². The lowest BCUT2D eigenvalue weighted by atomic mass is 9.80. The van der Waals surface area contributed by atoms with Crippen LogP contribution >= 0.6 is 0 Å². The minimum absolute atomic E-state index is 0.0142. The van der Waals surface area contributed by atoms with Gasteiger partial charge in [-0.25, -0.2) is 26.7 Å². The molecule has 13 N–H and O–H groups in total. The number of amides is 6. The average Bonchev–Trinajstić information content (AvgIpc) is 3.32. The lowest BCUT2D eigenvalue weighted by Crippen LogP contribution is -2.59. The monoisotopic (exact) mass is 1060 g/mol. The zero-order valence-electron chi connectivity index (χ0n) is 38.9. The topological polar surface area (TPSA) is 379 Å². The molecule has 0 radical (unpaired) electrons. The number of hydrogen-bond donors (Lipinski definition) is 12. The van der Waals surface area contributed by atoms with Gasteiger partial charge in [0.2, 0.25) is 35.4 Å². The molecule has 0 fully saturated rings. The first-order valence-corrected chi connectivity index (χ1v) is 21.9. The largest absolute Gasteiger partial charge is 0.507 e. The summed E-state index contributed by atoms with van der Waals surface area (Å²) in [4.78, 5) is 125. The summed E-state index contributed by atoms with van der Waals surface area (Å²) in [5, 5.41) is 61.6. The first kappa shape index (κ1) is 56.7. The van der Waals surface area contributed by atoms with E-state index in [-0.39, 0.29) is 39.6 Å². The molecule has 0 saturated heterocycles. The average molecular weight is 1060 g/mol. The molecule has 0 aliphatic carbocycles. The van der Waals surface area contributed by atoms with Gasteiger partial charge in [0, 0.05) is 47.0 Å². The van der Waals surface area contributed by atoms with E-state index < -0.39 is 174 Å². The van der Waals surface area contributed by atoms with Crippen molar-refractivity contribution in [2.45, 2.75) is 69.6 Å². The molecule has 1 aliphatic rings. The Kier molecular flexibility index (Phi) is 18.2. The highest BCUT2D eigenvalue weighted by Gasteiger charge is 2.36. The van der Waals surface area contributed by atoms with Gasteiger partial charge in [0.15, 0.2) is 23.3 Å². The van der Waals surface area contributed by atoms with Crippen molar-refractivity contribution in [3.8, 4) is 17.2 Å². The highest BCUT2D eigenvalue weighted by molar-refractivity contribution is 6.05. The molecule has 0 spiro atoms. The molecule has 5 rings (SSSR count). The van der Waals surface area contributed by atoms with E-state index in [1.54, 1.807) is 0 Å². The maximum Gasteiger partial charge on any atom is 0.339 e. The van der Waals surface area contributed by atoms with Gasteiger partial charge in [-0.05, 0) is 36.1 Å². The zero-order chi connectivity index (χ0) is 55.7. The smallest absolute Gasteiger partial charge is 0.339 e. The normalized spacial score (nSPS) is 14.0. The number of ether oxygens (including phenoxy) is 1. The summed E-state index contributed by atoms with van der Waals surface area (Å²) in [6.07, 6.45) is -3.14. The number of phenols is 1. The number of halogens is 5. The number of carboxylic acids is 4. The van der Waals surface area contributed by atoms with Gasteiger partial charge < -0.3 is 67.9 Å². The fourth-order valence-electron chi connectivity index (χ4n) is 7.55. The molecular weight excluding hydrogens is 1010 g/mol. The Morgan fingerprint density at radius 2 is 1.16 bits per heavy atom. The predicted molar refractivity (Wildman–Crippen MR) is 245 cm³/mol. The minimum Gasteiger partial charge on any atom is -0.507 e. The van der Waals surface area contributed by atoms with Gasteiger partial charge in [-0.15, -0.1) is 0 Å². The van der Waals surface area contributed by atoms with E-state index in [0.717, 1.165) is 18.2 Å². The second-order valence-corrected chi connectivity index (χ2v) is 16.8. The number of nitrogens with one attached hydrogen (secondary N) is 6. The number of benzene rings is 4. The Bertz CT molecular complexity index is 2980. The summed E-state index contributed by atoms with van der Waals surface area (Å²) in [6.45, 7) is 1.97. The zero-order valence-corrected chi connectivity index (χ0v) is 38.9. The third kappa shape index (κ3) is 13.7. The van der Waals surface area contributed by atoms with Crippen molar-refractivity contribution >= 4 is 70.7 Å². The van der Waals surface area contributed by atoms with E-state index in [0.29, 0.717) is 0 Å². The molecule has 75 heavy (non-hydrogen) atoms. The van der Waals surface area contributed by atoms with E-state index in [1.807, 2.05) is 5.32 Å². The first-order valence-electron chi connectivity index (χ1n) is 21.9. The van der Waals surface area contributed by atoms with Crippen LogP contribution < -0.4 is 42.4 Å². The van der Waals surface area contributed by atoms with E-state index >= 15 is 0 Å². The second-order valence-electron chi connectivity index (χ2n) is 16.8. The van der Waals surface area contributed by atoms with Gasteiger partial charge in [-0.2, -0.15) is 0 Å². The Hall–Kier alpha value is -9.21. The number of aliphatic carboxylic acids is 3. The fourth-order valence-corrected chi connectivity index (χ4v) is 7.55. The molecule has 1 heterocycles. The number of carbonyl (C=O) groups excluding carboxylic acids is 6. The molecule has 4 aromatic rings. The third-order valence-corrected chi connectivity index (χ3v) is 11.1. The van der Waals surface area contributed by atoms with Crippen molar-refractivity contribution in [3.05, 3.63) is 112 Å². The molecule has 28 heteroatoms. The molecule has 0 saturated carbocycles. The number of aromatic carboxylic acids is 1. The summed E-state index contributed by atoms with van der Waals surface area (Å²) in [6, 6.07) is 4.40. The molecular formula is C47H44F5N7O16. The van der Waals surface area contributed by atoms with Crippen LogP contribution in [0.2, 0.25) is 0 Å². The van der Waals surface area contributed by atoms with Crippen LogP contribution in [-0.4, -0.2) is 116 Å². The number of rotatable bonds is 22. The molecule has 0 bridgehead atoms. The van der Waals surface area contributed by atoms with Crippen molar-refractivity contribution in [1.82, 2.24) is 21.3 Å². The van der Waals surface area contributed by atoms with Crippen LogP contribution in [0.15, 0.2) is 54.6 Å². The van der Waals surface area contributed by atoms with Crippen LogP contribution in [0.3, 0.4) is 0 Å². The van der Waals surface area contributed by atoms with Crippen LogP contribution in [0.1, 0.15) is 82.9 Å². The van der Waals surface area contributed by atoms with Gasteiger partial charge in [0.25, 0.3) is 5.91 Å². The van der Waals surface area contributed by atoms with Crippen LogP contribution in [0.4, 0.5) is 33.3 Å². The Morgan fingerprint density at radius 1 is 0.613 bits per heavy atom. The summed E-state index contributed by atoms with van der Waals surface area (Å²) < 4.78 is 76.7. The number of carbonyl (C=O) groups is 10. The highest BCUT2D eigenvalue weighted by Crippen LogP contribution is 2.50. The number of anilines is 2. The number of fused-ring (bicyclic) bond motifs is 2. The van der Waals surface area contributed by atoms with E-state index in [9.17, 15) is 90.3 Å². The molecule has 6 amide bonds. The van der Waals surface area contributed by atoms with Gasteiger partial charge in [0.1, 0.15) is 46.5 Å². The van der Waals surface area contributed by atoms with Gasteiger partial charge in [-0.3, -0.25) is 43.2 Å². The summed E-state index contributed by atoms with van der Waals surface area (Å²) in [5.41, 5.74) is 3.17.